The van der Waals surface area contributed by atoms with Gasteiger partial charge in [0, 0.05) is 26.2 Å². The molecule has 2 heterocycles. The Hall–Kier alpha value is -0.740. The minimum atomic E-state index is -3.85. The fourth-order valence-corrected chi connectivity index (χ4v) is 3.17. The topological polar surface area (TPSA) is 99.5 Å². The zero-order valence-corrected chi connectivity index (χ0v) is 14.1. The van der Waals surface area contributed by atoms with Gasteiger partial charge < -0.3 is 4.90 Å². The molecular weight excluding hydrogens is 353 g/mol. The molecule has 0 aliphatic carbocycles. The third-order valence-corrected chi connectivity index (χ3v) is 4.49. The van der Waals surface area contributed by atoms with Crippen LogP contribution in [0.1, 0.15) is 12.8 Å². The molecular formula is C11H17Cl2N5O3S. The van der Waals surface area contributed by atoms with Crippen LogP contribution < -0.4 is 4.90 Å². The van der Waals surface area contributed by atoms with Gasteiger partial charge in [0.25, 0.3) is 10.1 Å². The van der Waals surface area contributed by atoms with Crippen LogP contribution in [0, 0.1) is 0 Å². The minimum absolute atomic E-state index is 0.0719. The molecule has 2 rings (SSSR count). The molecule has 124 valence electrons. The van der Waals surface area contributed by atoms with Crippen molar-refractivity contribution < 1.29 is 13.0 Å². The largest absolute Gasteiger partial charge is 0.338 e. The van der Waals surface area contributed by atoms with Gasteiger partial charge in [-0.15, -0.1) is 0 Å². The van der Waals surface area contributed by atoms with Gasteiger partial charge in [-0.2, -0.15) is 23.4 Å². The first-order chi connectivity index (χ1) is 10.3. The van der Waals surface area contributed by atoms with Crippen LogP contribution in [0.4, 0.5) is 5.95 Å². The predicted molar refractivity (Wildman–Crippen MR) is 84.1 cm³/mol. The summed E-state index contributed by atoms with van der Waals surface area (Å²) in [6.07, 6.45) is 1.18. The molecule has 0 unspecified atom stereocenters. The maximum absolute atomic E-state index is 10.6. The Kier molecular flexibility index (Phi) is 6.16. The summed E-state index contributed by atoms with van der Waals surface area (Å²) < 4.78 is 29.9. The SMILES string of the molecule is O=S(=O)(O)CCCCN1CCN(c2nc(Cl)nc(Cl)n2)CC1. The molecule has 1 aliphatic heterocycles. The summed E-state index contributed by atoms with van der Waals surface area (Å²) in [5.74, 6) is 0.283. The number of nitrogens with zero attached hydrogens (tertiary/aromatic N) is 5. The van der Waals surface area contributed by atoms with Crippen LogP contribution in [-0.2, 0) is 10.1 Å². The number of hydrogen-bond acceptors (Lipinski definition) is 7. The van der Waals surface area contributed by atoms with Gasteiger partial charge in [-0.05, 0) is 42.6 Å². The Morgan fingerprint density at radius 2 is 1.59 bits per heavy atom. The molecule has 1 aromatic rings. The van der Waals surface area contributed by atoms with Crippen LogP contribution in [0.25, 0.3) is 0 Å². The second-order valence-corrected chi connectivity index (χ2v) is 7.24. The first-order valence-electron chi connectivity index (χ1n) is 6.83. The highest BCUT2D eigenvalue weighted by Crippen LogP contribution is 2.16. The monoisotopic (exact) mass is 369 g/mol. The zero-order valence-electron chi connectivity index (χ0n) is 11.8. The van der Waals surface area contributed by atoms with E-state index in [1.807, 2.05) is 4.90 Å². The number of rotatable bonds is 6. The maximum atomic E-state index is 10.6. The molecule has 11 heteroatoms. The van der Waals surface area contributed by atoms with Crippen LogP contribution in [0.3, 0.4) is 0 Å². The van der Waals surface area contributed by atoms with Gasteiger partial charge in [0.15, 0.2) is 0 Å². The lowest BCUT2D eigenvalue weighted by Gasteiger charge is -2.34. The van der Waals surface area contributed by atoms with Crippen LogP contribution in [0.2, 0.25) is 10.6 Å². The Labute approximate surface area is 139 Å². The smallest absolute Gasteiger partial charge is 0.264 e. The molecule has 0 radical (unpaired) electrons. The minimum Gasteiger partial charge on any atom is -0.338 e. The summed E-state index contributed by atoms with van der Waals surface area (Å²) in [5.41, 5.74) is 0. The quantitative estimate of drug-likeness (QED) is 0.584. The van der Waals surface area contributed by atoms with E-state index in [9.17, 15) is 8.42 Å². The fourth-order valence-electron chi connectivity index (χ4n) is 2.25. The average molecular weight is 370 g/mol. The second-order valence-electron chi connectivity index (χ2n) is 5.00. The maximum Gasteiger partial charge on any atom is 0.264 e. The van der Waals surface area contributed by atoms with E-state index in [0.717, 1.165) is 39.1 Å². The number of unbranched alkanes of at least 4 members (excludes halogenated alkanes) is 1. The van der Waals surface area contributed by atoms with Crippen molar-refractivity contribution in [2.45, 2.75) is 12.8 Å². The summed E-state index contributed by atoms with van der Waals surface area (Å²) in [6.45, 7) is 3.88. The standard InChI is InChI=1S/C11H17Cl2N5O3S/c12-9-14-10(13)16-11(15-9)18-6-4-17(5-7-18)3-1-2-8-22(19,20)21/h1-8H2,(H,19,20,21). The van der Waals surface area contributed by atoms with Crippen molar-refractivity contribution in [1.82, 2.24) is 19.9 Å². The Morgan fingerprint density at radius 3 is 2.14 bits per heavy atom. The van der Waals surface area contributed by atoms with Gasteiger partial charge in [0.2, 0.25) is 16.5 Å². The lowest BCUT2D eigenvalue weighted by atomic mass is 10.2. The number of piperazine rings is 1. The van der Waals surface area contributed by atoms with Crippen molar-refractivity contribution in [2.24, 2.45) is 0 Å². The third kappa shape index (κ3) is 5.81. The first-order valence-corrected chi connectivity index (χ1v) is 9.19. The van der Waals surface area contributed by atoms with Gasteiger partial charge in [-0.1, -0.05) is 0 Å². The molecule has 0 spiro atoms. The summed E-state index contributed by atoms with van der Waals surface area (Å²) >= 11 is 11.5. The van der Waals surface area contributed by atoms with Crippen LogP contribution in [0.15, 0.2) is 0 Å². The molecule has 0 amide bonds. The molecule has 1 N–H and O–H groups in total. The van der Waals surface area contributed by atoms with Crippen LogP contribution >= 0.6 is 23.2 Å². The molecule has 1 aliphatic rings. The molecule has 0 bridgehead atoms. The van der Waals surface area contributed by atoms with E-state index in [0.29, 0.717) is 12.4 Å². The highest BCUT2D eigenvalue weighted by molar-refractivity contribution is 7.85. The van der Waals surface area contributed by atoms with Crippen LogP contribution in [-0.4, -0.2) is 71.3 Å². The van der Waals surface area contributed by atoms with Crippen molar-refractivity contribution in [2.75, 3.05) is 43.4 Å². The van der Waals surface area contributed by atoms with Gasteiger partial charge in [0.1, 0.15) is 0 Å². The Balaban J connectivity index is 1.76. The predicted octanol–water partition coefficient (Wildman–Crippen LogP) is 0.968. The Morgan fingerprint density at radius 1 is 1.00 bits per heavy atom. The van der Waals surface area contributed by atoms with Crippen molar-refractivity contribution in [1.29, 1.82) is 0 Å². The first kappa shape index (κ1) is 17.6. The number of anilines is 1. The van der Waals surface area contributed by atoms with E-state index in [4.69, 9.17) is 27.8 Å². The molecule has 1 aromatic heterocycles. The van der Waals surface area contributed by atoms with E-state index in [-0.39, 0.29) is 16.3 Å². The molecule has 1 fully saturated rings. The van der Waals surface area contributed by atoms with E-state index in [2.05, 4.69) is 19.9 Å². The highest BCUT2D eigenvalue weighted by atomic mass is 35.5. The van der Waals surface area contributed by atoms with Crippen molar-refractivity contribution in [3.8, 4) is 0 Å². The van der Waals surface area contributed by atoms with Gasteiger partial charge in [-0.3, -0.25) is 9.45 Å². The number of aromatic nitrogens is 3. The number of hydrogen-bond donors (Lipinski definition) is 1. The van der Waals surface area contributed by atoms with Gasteiger partial charge in [-0.25, -0.2) is 0 Å². The third-order valence-electron chi connectivity index (χ3n) is 3.35. The summed E-state index contributed by atoms with van der Waals surface area (Å²) in [4.78, 5) is 16.0. The molecule has 1 saturated heterocycles. The summed E-state index contributed by atoms with van der Waals surface area (Å²) in [5, 5.41) is 0.144. The van der Waals surface area contributed by atoms with E-state index < -0.39 is 10.1 Å². The second kappa shape index (κ2) is 7.69. The summed E-state index contributed by atoms with van der Waals surface area (Å²) in [6, 6.07) is 0. The van der Waals surface area contributed by atoms with Crippen molar-refractivity contribution in [3.63, 3.8) is 0 Å². The molecule has 22 heavy (non-hydrogen) atoms. The Bertz CT molecular complexity index is 587. The lowest BCUT2D eigenvalue weighted by Crippen LogP contribution is -2.47. The molecule has 8 nitrogen and oxygen atoms in total. The van der Waals surface area contributed by atoms with Gasteiger partial charge >= 0.3 is 0 Å². The normalized spacial score (nSPS) is 17.0. The van der Waals surface area contributed by atoms with Crippen LogP contribution in [0.5, 0.6) is 0 Å². The van der Waals surface area contributed by atoms with Crippen molar-refractivity contribution >= 4 is 39.3 Å². The summed E-state index contributed by atoms with van der Waals surface area (Å²) in [7, 11) is -3.85. The average Bonchev–Trinajstić information content (AvgIpc) is 2.42. The number of halogens is 2. The van der Waals surface area contributed by atoms with E-state index in [1.54, 1.807) is 0 Å². The lowest BCUT2D eigenvalue weighted by molar-refractivity contribution is 0.253. The molecule has 0 atom stereocenters. The van der Waals surface area contributed by atoms with E-state index in [1.165, 1.54) is 0 Å². The van der Waals surface area contributed by atoms with E-state index >= 15 is 0 Å². The van der Waals surface area contributed by atoms with Crippen molar-refractivity contribution in [3.05, 3.63) is 10.6 Å². The fraction of sp³-hybridized carbons (Fsp3) is 0.727. The zero-order chi connectivity index (χ0) is 16.2. The molecule has 0 aromatic carbocycles. The van der Waals surface area contributed by atoms with Gasteiger partial charge in [0.05, 0.1) is 5.75 Å². The molecule has 0 saturated carbocycles. The highest BCUT2D eigenvalue weighted by Gasteiger charge is 2.19.